The lowest BCUT2D eigenvalue weighted by Crippen LogP contribution is -2.19. The van der Waals surface area contributed by atoms with Crippen LogP contribution in [0.1, 0.15) is 31.7 Å². The Bertz CT molecular complexity index is 399. The van der Waals surface area contributed by atoms with Gasteiger partial charge in [-0.3, -0.25) is 0 Å². The molecule has 0 amide bonds. The number of thiocarbonyl (C=S) groups is 1. The van der Waals surface area contributed by atoms with E-state index in [9.17, 15) is 0 Å². The first kappa shape index (κ1) is 11.3. The number of nitrogens with one attached hydrogen (secondary N) is 1. The van der Waals surface area contributed by atoms with E-state index in [1.807, 2.05) is 12.1 Å². The lowest BCUT2D eigenvalue weighted by atomic mass is 10.0. The number of pyridine rings is 1. The zero-order chi connectivity index (χ0) is 11.6. The van der Waals surface area contributed by atoms with Crippen molar-refractivity contribution in [3.63, 3.8) is 0 Å². The van der Waals surface area contributed by atoms with Crippen molar-refractivity contribution in [3.8, 4) is 0 Å². The van der Waals surface area contributed by atoms with E-state index >= 15 is 0 Å². The summed E-state index contributed by atoms with van der Waals surface area (Å²) in [5, 5.41) is 3.37. The van der Waals surface area contributed by atoms with E-state index < -0.39 is 0 Å². The summed E-state index contributed by atoms with van der Waals surface area (Å²) in [6, 6.07) is 3.76. The fourth-order valence-electron chi connectivity index (χ4n) is 1.85. The monoisotopic (exact) mass is 235 g/mol. The Morgan fingerprint density at radius 3 is 2.94 bits per heavy atom. The number of nitrogens with two attached hydrogens (primary N) is 1. The molecule has 1 aromatic heterocycles. The molecule has 2 rings (SSSR count). The molecule has 3 N–H and O–H groups in total. The number of rotatable bonds is 5. The van der Waals surface area contributed by atoms with Gasteiger partial charge < -0.3 is 11.1 Å². The summed E-state index contributed by atoms with van der Waals surface area (Å²) in [5.41, 5.74) is 6.98. The quantitative estimate of drug-likeness (QED) is 0.769. The SMILES string of the molecule is CCC1(CNc2ncccc2C(N)=S)CC1. The molecule has 1 aliphatic carbocycles. The highest BCUT2D eigenvalue weighted by atomic mass is 32.1. The van der Waals surface area contributed by atoms with Crippen molar-refractivity contribution in [2.75, 3.05) is 11.9 Å². The molecule has 1 aromatic rings. The Morgan fingerprint density at radius 1 is 1.62 bits per heavy atom. The van der Waals surface area contributed by atoms with Crippen molar-refractivity contribution in [1.29, 1.82) is 0 Å². The van der Waals surface area contributed by atoms with Crippen LogP contribution >= 0.6 is 12.2 Å². The molecule has 86 valence electrons. The van der Waals surface area contributed by atoms with Crippen LogP contribution in [-0.2, 0) is 0 Å². The zero-order valence-corrected chi connectivity index (χ0v) is 10.3. The summed E-state index contributed by atoms with van der Waals surface area (Å²) in [6.45, 7) is 3.21. The van der Waals surface area contributed by atoms with Gasteiger partial charge in [-0.15, -0.1) is 0 Å². The smallest absolute Gasteiger partial charge is 0.136 e. The van der Waals surface area contributed by atoms with Gasteiger partial charge in [-0.25, -0.2) is 4.98 Å². The molecule has 1 heterocycles. The molecule has 0 aliphatic heterocycles. The Balaban J connectivity index is 2.06. The second-order valence-electron chi connectivity index (χ2n) is 4.47. The second-order valence-corrected chi connectivity index (χ2v) is 4.91. The molecule has 0 radical (unpaired) electrons. The number of hydrogen-bond donors (Lipinski definition) is 2. The van der Waals surface area contributed by atoms with Crippen LogP contribution in [0.3, 0.4) is 0 Å². The number of anilines is 1. The van der Waals surface area contributed by atoms with Crippen molar-refractivity contribution in [3.05, 3.63) is 23.9 Å². The minimum atomic E-state index is 0.400. The Hall–Kier alpha value is -1.16. The number of nitrogens with zero attached hydrogens (tertiary/aromatic N) is 1. The average molecular weight is 235 g/mol. The maximum absolute atomic E-state index is 5.65. The van der Waals surface area contributed by atoms with E-state index in [0.29, 0.717) is 10.4 Å². The van der Waals surface area contributed by atoms with Crippen LogP contribution in [0.15, 0.2) is 18.3 Å². The van der Waals surface area contributed by atoms with Crippen LogP contribution in [0.5, 0.6) is 0 Å². The molecule has 0 bridgehead atoms. The molecule has 1 saturated carbocycles. The highest BCUT2D eigenvalue weighted by Crippen LogP contribution is 2.48. The van der Waals surface area contributed by atoms with Crippen LogP contribution < -0.4 is 11.1 Å². The third-order valence-electron chi connectivity index (χ3n) is 3.41. The van der Waals surface area contributed by atoms with E-state index in [1.165, 1.54) is 19.3 Å². The van der Waals surface area contributed by atoms with E-state index in [2.05, 4.69) is 17.2 Å². The molecular formula is C12H17N3S. The summed E-state index contributed by atoms with van der Waals surface area (Å²) in [7, 11) is 0. The lowest BCUT2D eigenvalue weighted by Gasteiger charge is -2.15. The van der Waals surface area contributed by atoms with E-state index in [1.54, 1.807) is 6.20 Å². The third kappa shape index (κ3) is 2.32. The van der Waals surface area contributed by atoms with Gasteiger partial charge >= 0.3 is 0 Å². The van der Waals surface area contributed by atoms with Gasteiger partial charge in [0.2, 0.25) is 0 Å². The first-order valence-electron chi connectivity index (χ1n) is 5.65. The van der Waals surface area contributed by atoms with Gasteiger partial charge in [0.25, 0.3) is 0 Å². The molecule has 16 heavy (non-hydrogen) atoms. The maximum atomic E-state index is 5.65. The molecule has 3 nitrogen and oxygen atoms in total. The molecule has 0 spiro atoms. The van der Waals surface area contributed by atoms with Crippen LogP contribution in [0.25, 0.3) is 0 Å². The molecule has 1 aliphatic rings. The minimum Gasteiger partial charge on any atom is -0.389 e. The predicted molar refractivity (Wildman–Crippen MR) is 70.6 cm³/mol. The van der Waals surface area contributed by atoms with Crippen molar-refractivity contribution >= 4 is 23.0 Å². The summed E-state index contributed by atoms with van der Waals surface area (Å²) >= 11 is 5.00. The van der Waals surface area contributed by atoms with Crippen molar-refractivity contribution in [2.24, 2.45) is 11.1 Å². The third-order valence-corrected chi connectivity index (χ3v) is 3.63. The van der Waals surface area contributed by atoms with Gasteiger partial charge in [0, 0.05) is 12.7 Å². The van der Waals surface area contributed by atoms with Gasteiger partial charge in [0.05, 0.1) is 5.56 Å². The predicted octanol–water partition coefficient (Wildman–Crippen LogP) is 2.32. The highest BCUT2D eigenvalue weighted by molar-refractivity contribution is 7.80. The Kier molecular flexibility index (Phi) is 3.10. The summed E-state index contributed by atoms with van der Waals surface area (Å²) in [4.78, 5) is 4.69. The van der Waals surface area contributed by atoms with Crippen LogP contribution in [-0.4, -0.2) is 16.5 Å². The largest absolute Gasteiger partial charge is 0.389 e. The second kappa shape index (κ2) is 4.37. The first-order valence-corrected chi connectivity index (χ1v) is 6.06. The number of aromatic nitrogens is 1. The van der Waals surface area contributed by atoms with Gasteiger partial charge in [-0.1, -0.05) is 19.1 Å². The van der Waals surface area contributed by atoms with Crippen molar-refractivity contribution < 1.29 is 0 Å². The summed E-state index contributed by atoms with van der Waals surface area (Å²) < 4.78 is 0. The standard InChI is InChI=1S/C12H17N3S/c1-2-12(5-6-12)8-15-11-9(10(13)16)4-3-7-14-11/h3-4,7H,2,5-6,8H2,1H3,(H2,13,16)(H,14,15). The van der Waals surface area contributed by atoms with E-state index in [-0.39, 0.29) is 0 Å². The summed E-state index contributed by atoms with van der Waals surface area (Å²) in [6.07, 6.45) is 5.60. The zero-order valence-electron chi connectivity index (χ0n) is 9.49. The van der Waals surface area contributed by atoms with Crippen LogP contribution in [0.2, 0.25) is 0 Å². The maximum Gasteiger partial charge on any atom is 0.136 e. The molecular weight excluding hydrogens is 218 g/mol. The van der Waals surface area contributed by atoms with Crippen LogP contribution in [0, 0.1) is 5.41 Å². The van der Waals surface area contributed by atoms with E-state index in [0.717, 1.165) is 17.9 Å². The van der Waals surface area contributed by atoms with Gasteiger partial charge in [-0.2, -0.15) is 0 Å². The highest BCUT2D eigenvalue weighted by Gasteiger charge is 2.40. The molecule has 0 unspecified atom stereocenters. The van der Waals surface area contributed by atoms with Crippen molar-refractivity contribution in [2.45, 2.75) is 26.2 Å². The van der Waals surface area contributed by atoms with Gasteiger partial charge in [0.15, 0.2) is 0 Å². The Morgan fingerprint density at radius 2 is 2.38 bits per heavy atom. The molecule has 0 saturated heterocycles. The lowest BCUT2D eigenvalue weighted by molar-refractivity contribution is 0.520. The average Bonchev–Trinajstić information content (AvgIpc) is 3.07. The van der Waals surface area contributed by atoms with Gasteiger partial charge in [-0.05, 0) is 36.8 Å². The number of hydrogen-bond acceptors (Lipinski definition) is 3. The molecule has 4 heteroatoms. The molecule has 0 aromatic carbocycles. The summed E-state index contributed by atoms with van der Waals surface area (Å²) in [5.74, 6) is 0.815. The Labute approximate surface area is 101 Å². The molecule has 0 atom stereocenters. The first-order chi connectivity index (χ1) is 7.67. The fraction of sp³-hybridized carbons (Fsp3) is 0.500. The molecule has 1 fully saturated rings. The minimum absolute atomic E-state index is 0.400. The topological polar surface area (TPSA) is 50.9 Å². The van der Waals surface area contributed by atoms with E-state index in [4.69, 9.17) is 18.0 Å². The van der Waals surface area contributed by atoms with Crippen molar-refractivity contribution in [1.82, 2.24) is 4.98 Å². The normalized spacial score (nSPS) is 16.8. The van der Waals surface area contributed by atoms with Crippen LogP contribution in [0.4, 0.5) is 5.82 Å². The fourth-order valence-corrected chi connectivity index (χ4v) is 2.01. The van der Waals surface area contributed by atoms with Gasteiger partial charge in [0.1, 0.15) is 10.8 Å².